The number of rotatable bonds is 9. The van der Waals surface area contributed by atoms with E-state index < -0.39 is 0 Å². The molecule has 0 unspecified atom stereocenters. The highest BCUT2D eigenvalue weighted by Gasteiger charge is 2.26. The van der Waals surface area contributed by atoms with Crippen LogP contribution in [0.3, 0.4) is 0 Å². The highest BCUT2D eigenvalue weighted by atomic mass is 79.9. The van der Waals surface area contributed by atoms with Gasteiger partial charge < -0.3 is 10.2 Å². The van der Waals surface area contributed by atoms with Crippen LogP contribution in [0.25, 0.3) is 44.5 Å². The van der Waals surface area contributed by atoms with E-state index in [2.05, 4.69) is 341 Å². The summed E-state index contributed by atoms with van der Waals surface area (Å²) in [6.45, 7) is 31.1. The molecule has 0 saturated carbocycles. The van der Waals surface area contributed by atoms with Gasteiger partial charge in [-0.15, -0.1) is 0 Å². The largest absolute Gasteiger partial charge is 0.355 e. The average Bonchev–Trinajstić information content (AvgIpc) is 2.41. The molecular weight excluding hydrogens is 1120 g/mol. The summed E-state index contributed by atoms with van der Waals surface area (Å²) in [5, 5.41) is 5.26. The number of aryl methyl sites for hydroxylation is 2. The van der Waals surface area contributed by atoms with Crippen molar-refractivity contribution in [3.05, 3.63) is 278 Å². The van der Waals surface area contributed by atoms with Crippen molar-refractivity contribution in [1.29, 1.82) is 0 Å². The lowest BCUT2D eigenvalue weighted by molar-refractivity contribution is 0.590. The summed E-state index contributed by atoms with van der Waals surface area (Å²) in [4.78, 5) is 2.40. The van der Waals surface area contributed by atoms with Crippen molar-refractivity contribution >= 4 is 67.6 Å². The summed E-state index contributed by atoms with van der Waals surface area (Å²) >= 11 is 16.2. The lowest BCUT2D eigenvalue weighted by Gasteiger charge is -2.32. The van der Waals surface area contributed by atoms with Gasteiger partial charge in [0.05, 0.1) is 11.4 Å². The minimum atomic E-state index is -0.0563. The fourth-order valence-corrected chi connectivity index (χ4v) is 11.2. The second-order valence-corrected chi connectivity index (χ2v) is 27.6. The molecule has 0 atom stereocenters. The molecule has 424 valence electrons. The Kier molecular flexibility index (Phi) is 19.5. The van der Waals surface area contributed by atoms with E-state index in [1.54, 1.807) is 0 Å². The van der Waals surface area contributed by atoms with Crippen LogP contribution in [0.5, 0.6) is 0 Å². The zero-order valence-corrected chi connectivity index (χ0v) is 54.1. The van der Waals surface area contributed by atoms with Crippen molar-refractivity contribution in [1.82, 2.24) is 0 Å². The lowest BCUT2D eigenvalue weighted by atomic mass is 9.86. The Morgan fingerprint density at radius 2 is 0.675 bits per heavy atom. The number of hydrogen-bond donors (Lipinski definition) is 1. The summed E-state index contributed by atoms with van der Waals surface area (Å²) in [7, 11) is 0. The van der Waals surface area contributed by atoms with Crippen molar-refractivity contribution in [2.24, 2.45) is 0 Å². The summed E-state index contributed by atoms with van der Waals surface area (Å²) in [6.07, 6.45) is 0. The first-order valence-electron chi connectivity index (χ1n) is 28.8. The number of anilines is 5. The van der Waals surface area contributed by atoms with Gasteiger partial charge in [-0.3, -0.25) is 0 Å². The normalized spacial score (nSPS) is 11.7. The third kappa shape index (κ3) is 16.2. The maximum Gasteiger partial charge on any atom is 0.0618 e. The monoisotopic (exact) mass is 1190 g/mol. The number of hydrogen-bond acceptors (Lipinski definition) is 2. The third-order valence-electron chi connectivity index (χ3n) is 14.8. The van der Waals surface area contributed by atoms with Crippen molar-refractivity contribution in [3.63, 3.8) is 0 Å². The molecule has 0 spiro atoms. The molecule has 0 bridgehead atoms. The molecule has 2 nitrogen and oxygen atoms in total. The number of halogens is 3. The summed E-state index contributed by atoms with van der Waals surface area (Å²) in [6, 6.07) is 82.1. The smallest absolute Gasteiger partial charge is 0.0618 e. The number of nitrogens with one attached hydrogen (secondary N) is 1. The Morgan fingerprint density at radius 1 is 0.337 bits per heavy atom. The minimum absolute atomic E-state index is 0.0563. The van der Waals surface area contributed by atoms with Gasteiger partial charge >= 0.3 is 0 Å². The molecule has 0 amide bonds. The van der Waals surface area contributed by atoms with Crippen molar-refractivity contribution in [2.75, 3.05) is 10.2 Å². The van der Waals surface area contributed by atoms with E-state index in [0.717, 1.165) is 43.0 Å². The van der Waals surface area contributed by atoms with E-state index in [4.69, 9.17) is 23.2 Å². The van der Waals surface area contributed by atoms with Gasteiger partial charge in [0, 0.05) is 53.8 Å². The molecule has 10 rings (SSSR count). The van der Waals surface area contributed by atoms with Crippen LogP contribution < -0.4 is 10.2 Å². The molecule has 0 heterocycles. The summed E-state index contributed by atoms with van der Waals surface area (Å²) < 4.78 is 1.04. The SMILES string of the molecule is CC(C)(C)c1cc(Cl)cc(Br)c1.Cc1cc(-c2ccccc2)c(N(c2ccc(C(C)(C)C)cc2)c2cc(Cl)cc(C(C)(C)C)c2)c(-c2ccccc2)c1.Cc1cc(-c2ccccc2)c(Nc2ccc(C(C)(C)C)cc2)c(-c2ccccc2)c1. The number of benzene rings is 10. The Bertz CT molecular complexity index is 3610. The van der Waals surface area contributed by atoms with Gasteiger partial charge in [0.1, 0.15) is 0 Å². The Labute approximate surface area is 515 Å². The molecule has 83 heavy (non-hydrogen) atoms. The van der Waals surface area contributed by atoms with E-state index in [1.807, 2.05) is 12.1 Å². The fourth-order valence-electron chi connectivity index (χ4n) is 10.1. The second kappa shape index (κ2) is 26.2. The van der Waals surface area contributed by atoms with Crippen LogP contribution in [0, 0.1) is 13.8 Å². The molecule has 1 N–H and O–H groups in total. The summed E-state index contributed by atoms with van der Waals surface area (Å²) in [5.41, 5.74) is 23.0. The lowest BCUT2D eigenvalue weighted by Crippen LogP contribution is -2.17. The van der Waals surface area contributed by atoms with Gasteiger partial charge in [0.2, 0.25) is 0 Å². The Hall–Kier alpha value is -7.14. The standard InChI is InChI=1S/C39H40ClN.C29H29N.C10H12BrCl/c1-27-22-35(28-14-10-8-11-15-28)37(36(23-27)29-16-12-9-13-17-29)41(33-20-18-30(19-21-33)38(2,3)4)34-25-31(39(5,6)7)24-32(40)26-34;1-21-19-26(22-11-7-5-8-12-22)28(27(20-21)23-13-9-6-10-14-23)30-25-17-15-24(16-18-25)29(2,3)4;1-10(2,3)7-4-8(11)6-9(12)5-7/h8-26H,1-7H3;5-20,30H,1-4H3;4-6H,1-3H3. The van der Waals surface area contributed by atoms with Gasteiger partial charge in [-0.2, -0.15) is 0 Å². The first-order chi connectivity index (χ1) is 39.2. The highest BCUT2D eigenvalue weighted by Crippen LogP contribution is 2.49. The molecule has 0 saturated heterocycles. The molecule has 0 aliphatic carbocycles. The van der Waals surface area contributed by atoms with Gasteiger partial charge in [0.15, 0.2) is 0 Å². The first-order valence-corrected chi connectivity index (χ1v) is 30.3. The highest BCUT2D eigenvalue weighted by molar-refractivity contribution is 9.10. The van der Waals surface area contributed by atoms with Crippen molar-refractivity contribution in [3.8, 4) is 44.5 Å². The zero-order valence-electron chi connectivity index (χ0n) is 51.0. The van der Waals surface area contributed by atoms with Gasteiger partial charge in [-0.05, 0) is 176 Å². The predicted molar refractivity (Wildman–Crippen MR) is 367 cm³/mol. The third-order valence-corrected chi connectivity index (χ3v) is 15.7. The molecule has 10 aromatic carbocycles. The molecule has 10 aromatic rings. The van der Waals surface area contributed by atoms with Crippen LogP contribution in [-0.2, 0) is 21.7 Å². The molecule has 0 aliphatic heterocycles. The van der Waals surface area contributed by atoms with Crippen LogP contribution in [0.15, 0.2) is 235 Å². The van der Waals surface area contributed by atoms with Crippen LogP contribution >= 0.6 is 39.1 Å². The zero-order chi connectivity index (χ0) is 59.9. The van der Waals surface area contributed by atoms with Crippen molar-refractivity contribution < 1.29 is 0 Å². The number of nitrogens with zero attached hydrogens (tertiary/aromatic N) is 1. The molecule has 5 heteroatoms. The fraction of sp³-hybridized carbons (Fsp3) is 0.231. The van der Waals surface area contributed by atoms with E-state index in [1.165, 1.54) is 77.9 Å². The molecule has 0 aromatic heterocycles. The molecular formula is C78H81BrCl2N2. The topological polar surface area (TPSA) is 15.3 Å². The molecule has 0 radical (unpaired) electrons. The minimum Gasteiger partial charge on any atom is -0.355 e. The van der Waals surface area contributed by atoms with Crippen LogP contribution in [0.2, 0.25) is 10.0 Å². The van der Waals surface area contributed by atoms with Gasteiger partial charge in [0.25, 0.3) is 0 Å². The Balaban J connectivity index is 0.000000186. The molecule has 0 fully saturated rings. The average molecular weight is 1200 g/mol. The van der Waals surface area contributed by atoms with E-state index >= 15 is 0 Å². The van der Waals surface area contributed by atoms with E-state index in [0.29, 0.717) is 0 Å². The second-order valence-electron chi connectivity index (χ2n) is 25.8. The van der Waals surface area contributed by atoms with E-state index in [-0.39, 0.29) is 21.7 Å². The maximum absolute atomic E-state index is 6.87. The first kappa shape index (κ1) is 61.9. The van der Waals surface area contributed by atoms with Crippen LogP contribution in [0.1, 0.15) is 116 Å². The van der Waals surface area contributed by atoms with Crippen molar-refractivity contribution in [2.45, 2.75) is 119 Å². The quantitative estimate of drug-likeness (QED) is 0.155. The predicted octanol–water partition coefficient (Wildman–Crippen LogP) is 24.8. The maximum atomic E-state index is 6.87. The van der Waals surface area contributed by atoms with Gasteiger partial charge in [-0.1, -0.05) is 268 Å². The van der Waals surface area contributed by atoms with Crippen LogP contribution in [0.4, 0.5) is 28.4 Å². The molecule has 0 aliphatic rings. The Morgan fingerprint density at radius 3 is 1.05 bits per heavy atom. The van der Waals surface area contributed by atoms with Crippen LogP contribution in [-0.4, -0.2) is 0 Å². The summed E-state index contributed by atoms with van der Waals surface area (Å²) in [5.74, 6) is 0. The van der Waals surface area contributed by atoms with E-state index in [9.17, 15) is 0 Å². The van der Waals surface area contributed by atoms with Gasteiger partial charge in [-0.25, -0.2) is 0 Å².